The third kappa shape index (κ3) is 2.06. The number of aromatic nitrogens is 4. The van der Waals surface area contributed by atoms with Crippen LogP contribution in [0.3, 0.4) is 0 Å². The summed E-state index contributed by atoms with van der Waals surface area (Å²) >= 11 is 0. The predicted octanol–water partition coefficient (Wildman–Crippen LogP) is 2.22. The lowest BCUT2D eigenvalue weighted by molar-refractivity contribution is 0.810. The van der Waals surface area contributed by atoms with Crippen molar-refractivity contribution in [2.24, 2.45) is 0 Å². The molecule has 94 valence electrons. The zero-order valence-electron chi connectivity index (χ0n) is 10.5. The number of nitrogens with two attached hydrogens (primary N) is 1. The van der Waals surface area contributed by atoms with Crippen molar-refractivity contribution >= 4 is 5.82 Å². The molecular weight excluding hydrogens is 238 g/mol. The summed E-state index contributed by atoms with van der Waals surface area (Å²) in [6.07, 6.45) is 1.71. The van der Waals surface area contributed by atoms with Crippen molar-refractivity contribution < 1.29 is 0 Å². The van der Waals surface area contributed by atoms with Gasteiger partial charge in [0.2, 0.25) is 0 Å². The van der Waals surface area contributed by atoms with Crippen LogP contribution in [0.4, 0.5) is 5.82 Å². The van der Waals surface area contributed by atoms with Crippen LogP contribution in [0.15, 0.2) is 48.7 Å². The molecule has 0 radical (unpaired) electrons. The summed E-state index contributed by atoms with van der Waals surface area (Å²) in [6.45, 7) is 2.04. The molecule has 3 aromatic rings. The molecule has 2 heterocycles. The lowest BCUT2D eigenvalue weighted by Crippen LogP contribution is -2.02. The van der Waals surface area contributed by atoms with E-state index in [0.717, 1.165) is 11.4 Å². The molecule has 0 saturated carbocycles. The van der Waals surface area contributed by atoms with E-state index in [-0.39, 0.29) is 0 Å². The van der Waals surface area contributed by atoms with Gasteiger partial charge in [0, 0.05) is 6.20 Å². The van der Waals surface area contributed by atoms with Crippen LogP contribution in [-0.2, 0) is 0 Å². The highest BCUT2D eigenvalue weighted by atomic mass is 15.5. The van der Waals surface area contributed by atoms with E-state index in [2.05, 4.69) is 15.3 Å². The largest absolute Gasteiger partial charge is 0.382 e. The smallest absolute Gasteiger partial charge is 0.157 e. The summed E-state index contributed by atoms with van der Waals surface area (Å²) in [5.41, 5.74) is 9.50. The maximum absolute atomic E-state index is 6.10. The molecule has 0 aliphatic heterocycles. The Morgan fingerprint density at radius 1 is 1.05 bits per heavy atom. The zero-order chi connectivity index (χ0) is 13.2. The minimum Gasteiger partial charge on any atom is -0.382 e. The number of anilines is 1. The standard InChI is InChI=1S/C14H13N5/c1-10-5-7-11(8-6-10)19-14(15)13(17-18-19)12-4-2-3-9-16-12/h2-9H,15H2,1H3. The zero-order valence-corrected chi connectivity index (χ0v) is 10.5. The molecule has 0 unspecified atom stereocenters. The Balaban J connectivity index is 2.06. The van der Waals surface area contributed by atoms with Crippen LogP contribution < -0.4 is 5.73 Å². The number of nitrogens with zero attached hydrogens (tertiary/aromatic N) is 4. The third-order valence-electron chi connectivity index (χ3n) is 2.89. The monoisotopic (exact) mass is 251 g/mol. The van der Waals surface area contributed by atoms with Crippen LogP contribution >= 0.6 is 0 Å². The van der Waals surface area contributed by atoms with Crippen molar-refractivity contribution in [1.82, 2.24) is 20.0 Å². The Hall–Kier alpha value is -2.69. The van der Waals surface area contributed by atoms with E-state index >= 15 is 0 Å². The Labute approximate surface area is 110 Å². The van der Waals surface area contributed by atoms with Crippen molar-refractivity contribution in [3.63, 3.8) is 0 Å². The number of hydrogen-bond donors (Lipinski definition) is 1. The van der Waals surface area contributed by atoms with Crippen molar-refractivity contribution in [1.29, 1.82) is 0 Å². The van der Waals surface area contributed by atoms with Crippen LogP contribution in [0.25, 0.3) is 17.1 Å². The Morgan fingerprint density at radius 2 is 1.84 bits per heavy atom. The first-order valence-corrected chi connectivity index (χ1v) is 5.95. The summed E-state index contributed by atoms with van der Waals surface area (Å²) in [4.78, 5) is 4.24. The summed E-state index contributed by atoms with van der Waals surface area (Å²) in [5.74, 6) is 0.488. The van der Waals surface area contributed by atoms with Gasteiger partial charge >= 0.3 is 0 Å². The summed E-state index contributed by atoms with van der Waals surface area (Å²) in [7, 11) is 0. The molecule has 5 nitrogen and oxygen atoms in total. The highest BCUT2D eigenvalue weighted by Crippen LogP contribution is 2.23. The Bertz CT molecular complexity index is 686. The lowest BCUT2D eigenvalue weighted by atomic mass is 10.2. The maximum Gasteiger partial charge on any atom is 0.157 e. The molecule has 1 aromatic carbocycles. The van der Waals surface area contributed by atoms with E-state index in [1.54, 1.807) is 10.9 Å². The van der Waals surface area contributed by atoms with Gasteiger partial charge in [-0.2, -0.15) is 4.68 Å². The van der Waals surface area contributed by atoms with Gasteiger partial charge in [-0.3, -0.25) is 4.98 Å². The van der Waals surface area contributed by atoms with Gasteiger partial charge in [0.05, 0.1) is 11.4 Å². The molecule has 3 rings (SSSR count). The number of pyridine rings is 1. The number of rotatable bonds is 2. The molecule has 2 aromatic heterocycles. The van der Waals surface area contributed by atoms with Gasteiger partial charge in [-0.1, -0.05) is 29.0 Å². The normalized spacial score (nSPS) is 10.6. The fourth-order valence-corrected chi connectivity index (χ4v) is 1.85. The average molecular weight is 251 g/mol. The Morgan fingerprint density at radius 3 is 2.53 bits per heavy atom. The quantitative estimate of drug-likeness (QED) is 0.758. The second-order valence-electron chi connectivity index (χ2n) is 4.29. The van der Waals surface area contributed by atoms with Crippen LogP contribution in [0, 0.1) is 6.92 Å². The van der Waals surface area contributed by atoms with E-state index in [1.165, 1.54) is 5.56 Å². The van der Waals surface area contributed by atoms with Crippen LogP contribution in [0.1, 0.15) is 5.56 Å². The van der Waals surface area contributed by atoms with Crippen molar-refractivity contribution in [2.45, 2.75) is 6.92 Å². The topological polar surface area (TPSA) is 69.6 Å². The Kier molecular flexibility index (Phi) is 2.72. The van der Waals surface area contributed by atoms with E-state index in [4.69, 9.17) is 5.73 Å². The van der Waals surface area contributed by atoms with E-state index in [9.17, 15) is 0 Å². The summed E-state index contributed by atoms with van der Waals surface area (Å²) in [6, 6.07) is 13.6. The second kappa shape index (κ2) is 4.53. The van der Waals surface area contributed by atoms with E-state index in [1.807, 2.05) is 49.4 Å². The molecule has 2 N–H and O–H groups in total. The number of hydrogen-bond acceptors (Lipinski definition) is 4. The molecule has 19 heavy (non-hydrogen) atoms. The number of benzene rings is 1. The fraction of sp³-hybridized carbons (Fsp3) is 0.0714. The highest BCUT2D eigenvalue weighted by Gasteiger charge is 2.13. The molecule has 0 aliphatic carbocycles. The first-order valence-electron chi connectivity index (χ1n) is 5.95. The number of aryl methyl sites for hydroxylation is 1. The SMILES string of the molecule is Cc1ccc(-n2nnc(-c3ccccn3)c2N)cc1. The van der Waals surface area contributed by atoms with Gasteiger partial charge in [-0.25, -0.2) is 0 Å². The minimum atomic E-state index is 0.488. The summed E-state index contributed by atoms with van der Waals surface area (Å²) in [5, 5.41) is 8.20. The second-order valence-corrected chi connectivity index (χ2v) is 4.29. The van der Waals surface area contributed by atoms with Crippen LogP contribution in [-0.4, -0.2) is 20.0 Å². The van der Waals surface area contributed by atoms with Crippen LogP contribution in [0.2, 0.25) is 0 Å². The molecule has 5 heteroatoms. The molecule has 0 spiro atoms. The average Bonchev–Trinajstić information content (AvgIpc) is 2.83. The molecular formula is C14H13N5. The number of nitrogen functional groups attached to an aromatic ring is 1. The molecule has 0 saturated heterocycles. The lowest BCUT2D eigenvalue weighted by Gasteiger charge is -2.03. The van der Waals surface area contributed by atoms with Gasteiger partial charge in [0.25, 0.3) is 0 Å². The van der Waals surface area contributed by atoms with Crippen LogP contribution in [0.5, 0.6) is 0 Å². The predicted molar refractivity (Wildman–Crippen MR) is 73.7 cm³/mol. The molecule has 0 aliphatic rings. The first kappa shape index (κ1) is 11.4. The molecule has 0 atom stereocenters. The van der Waals surface area contributed by atoms with Gasteiger partial charge in [0.15, 0.2) is 11.5 Å². The molecule has 0 amide bonds. The maximum atomic E-state index is 6.10. The first-order chi connectivity index (χ1) is 9.25. The van der Waals surface area contributed by atoms with E-state index < -0.39 is 0 Å². The summed E-state index contributed by atoms with van der Waals surface area (Å²) < 4.78 is 1.61. The van der Waals surface area contributed by atoms with Gasteiger partial charge in [-0.05, 0) is 31.2 Å². The van der Waals surface area contributed by atoms with Gasteiger partial charge in [-0.15, -0.1) is 5.10 Å². The molecule has 0 fully saturated rings. The van der Waals surface area contributed by atoms with Gasteiger partial charge in [0.1, 0.15) is 0 Å². The highest BCUT2D eigenvalue weighted by molar-refractivity contribution is 5.67. The van der Waals surface area contributed by atoms with E-state index in [0.29, 0.717) is 11.5 Å². The van der Waals surface area contributed by atoms with Crippen molar-refractivity contribution in [3.05, 3.63) is 54.2 Å². The van der Waals surface area contributed by atoms with Crippen molar-refractivity contribution in [2.75, 3.05) is 5.73 Å². The third-order valence-corrected chi connectivity index (χ3v) is 2.89. The fourth-order valence-electron chi connectivity index (χ4n) is 1.85. The molecule has 0 bridgehead atoms. The van der Waals surface area contributed by atoms with Gasteiger partial charge < -0.3 is 5.73 Å². The van der Waals surface area contributed by atoms with Crippen molar-refractivity contribution in [3.8, 4) is 17.1 Å². The minimum absolute atomic E-state index is 0.488.